The maximum absolute atomic E-state index is 5.73. The molecular weight excluding hydrogens is 218 g/mol. The molecule has 0 aliphatic heterocycles. The third-order valence-electron chi connectivity index (χ3n) is 2.29. The van der Waals surface area contributed by atoms with Crippen molar-refractivity contribution in [2.75, 3.05) is 5.75 Å². The van der Waals surface area contributed by atoms with Crippen molar-refractivity contribution >= 4 is 11.8 Å². The summed E-state index contributed by atoms with van der Waals surface area (Å²) in [4.78, 5) is 0. The number of hydrogen-bond donors (Lipinski definition) is 1. The normalized spacial score (nSPS) is 11.2. The SMILES string of the molecule is CCCCSCc1ccc(CNC(C)C)o1. The van der Waals surface area contributed by atoms with Gasteiger partial charge in [0, 0.05) is 6.04 Å². The van der Waals surface area contributed by atoms with Crippen LogP contribution in [0.5, 0.6) is 0 Å². The number of hydrogen-bond acceptors (Lipinski definition) is 3. The zero-order chi connectivity index (χ0) is 11.8. The lowest BCUT2D eigenvalue weighted by Crippen LogP contribution is -2.21. The summed E-state index contributed by atoms with van der Waals surface area (Å²) in [7, 11) is 0. The Morgan fingerprint density at radius 2 is 2.06 bits per heavy atom. The van der Waals surface area contributed by atoms with Crippen LogP contribution in [0.4, 0.5) is 0 Å². The third-order valence-corrected chi connectivity index (χ3v) is 3.35. The predicted octanol–water partition coefficient (Wildman–Crippen LogP) is 3.81. The molecule has 0 aliphatic rings. The molecule has 0 spiro atoms. The van der Waals surface area contributed by atoms with Crippen LogP contribution in [0.3, 0.4) is 0 Å². The molecule has 1 N–H and O–H groups in total. The quantitative estimate of drug-likeness (QED) is 0.701. The standard InChI is InChI=1S/C13H23NOS/c1-4-5-8-16-10-13-7-6-12(15-13)9-14-11(2)3/h6-7,11,14H,4-5,8-10H2,1-3H3. The first-order valence-corrected chi connectivity index (χ1v) is 7.26. The smallest absolute Gasteiger partial charge is 0.118 e. The molecule has 0 radical (unpaired) electrons. The highest BCUT2D eigenvalue weighted by molar-refractivity contribution is 7.98. The molecule has 0 saturated heterocycles. The summed E-state index contributed by atoms with van der Waals surface area (Å²) >= 11 is 1.95. The molecule has 1 rings (SSSR count). The van der Waals surface area contributed by atoms with Crippen LogP contribution in [0.2, 0.25) is 0 Å². The van der Waals surface area contributed by atoms with Crippen LogP contribution in [0.25, 0.3) is 0 Å². The first-order chi connectivity index (χ1) is 7.72. The van der Waals surface area contributed by atoms with Crippen molar-refractivity contribution in [2.24, 2.45) is 0 Å². The molecule has 1 aromatic heterocycles. The zero-order valence-electron chi connectivity index (χ0n) is 10.6. The van der Waals surface area contributed by atoms with E-state index in [1.807, 2.05) is 11.8 Å². The monoisotopic (exact) mass is 241 g/mol. The number of unbranched alkanes of at least 4 members (excludes halogenated alkanes) is 1. The lowest BCUT2D eigenvalue weighted by Gasteiger charge is -2.05. The highest BCUT2D eigenvalue weighted by Gasteiger charge is 2.02. The molecule has 0 amide bonds. The zero-order valence-corrected chi connectivity index (χ0v) is 11.4. The molecule has 2 nitrogen and oxygen atoms in total. The van der Waals surface area contributed by atoms with Gasteiger partial charge in [0.2, 0.25) is 0 Å². The van der Waals surface area contributed by atoms with Crippen LogP contribution in [0, 0.1) is 0 Å². The average Bonchev–Trinajstić information content (AvgIpc) is 2.70. The van der Waals surface area contributed by atoms with Gasteiger partial charge in [-0.05, 0) is 24.3 Å². The van der Waals surface area contributed by atoms with Crippen molar-refractivity contribution in [3.8, 4) is 0 Å². The first kappa shape index (κ1) is 13.7. The van der Waals surface area contributed by atoms with Gasteiger partial charge < -0.3 is 9.73 Å². The van der Waals surface area contributed by atoms with E-state index in [1.165, 1.54) is 18.6 Å². The Labute approximate surface area is 103 Å². The molecule has 0 unspecified atom stereocenters. The second kappa shape index (κ2) is 7.80. The number of furan rings is 1. The van der Waals surface area contributed by atoms with Crippen molar-refractivity contribution in [2.45, 2.75) is 52.0 Å². The summed E-state index contributed by atoms with van der Waals surface area (Å²) in [5.41, 5.74) is 0. The van der Waals surface area contributed by atoms with Crippen LogP contribution >= 0.6 is 11.8 Å². The van der Waals surface area contributed by atoms with E-state index in [4.69, 9.17) is 4.42 Å². The van der Waals surface area contributed by atoms with E-state index in [1.54, 1.807) is 0 Å². The van der Waals surface area contributed by atoms with E-state index < -0.39 is 0 Å². The molecule has 3 heteroatoms. The van der Waals surface area contributed by atoms with Gasteiger partial charge in [-0.3, -0.25) is 0 Å². The fraction of sp³-hybridized carbons (Fsp3) is 0.692. The van der Waals surface area contributed by atoms with E-state index in [9.17, 15) is 0 Å². The Kier molecular flexibility index (Phi) is 6.65. The lowest BCUT2D eigenvalue weighted by molar-refractivity contribution is 0.445. The van der Waals surface area contributed by atoms with Gasteiger partial charge in [0.15, 0.2) is 0 Å². The van der Waals surface area contributed by atoms with Crippen LogP contribution in [-0.4, -0.2) is 11.8 Å². The molecule has 0 aliphatic carbocycles. The highest BCUT2D eigenvalue weighted by Crippen LogP contribution is 2.16. The highest BCUT2D eigenvalue weighted by atomic mass is 32.2. The Morgan fingerprint density at radius 3 is 2.75 bits per heavy atom. The summed E-state index contributed by atoms with van der Waals surface area (Å²) < 4.78 is 5.73. The molecule has 0 aromatic carbocycles. The fourth-order valence-electron chi connectivity index (χ4n) is 1.32. The molecule has 0 atom stereocenters. The third kappa shape index (κ3) is 5.61. The van der Waals surface area contributed by atoms with Gasteiger partial charge >= 0.3 is 0 Å². The van der Waals surface area contributed by atoms with E-state index >= 15 is 0 Å². The molecule has 1 aromatic rings. The van der Waals surface area contributed by atoms with Crippen LogP contribution in [0.15, 0.2) is 16.5 Å². The van der Waals surface area contributed by atoms with Crippen LogP contribution in [-0.2, 0) is 12.3 Å². The minimum Gasteiger partial charge on any atom is -0.464 e. The lowest BCUT2D eigenvalue weighted by atomic mass is 10.3. The summed E-state index contributed by atoms with van der Waals surface area (Å²) in [6, 6.07) is 4.67. The van der Waals surface area contributed by atoms with Gasteiger partial charge in [-0.2, -0.15) is 11.8 Å². The summed E-state index contributed by atoms with van der Waals surface area (Å²) in [5.74, 6) is 4.37. The van der Waals surface area contributed by atoms with Crippen molar-refractivity contribution < 1.29 is 4.42 Å². The summed E-state index contributed by atoms with van der Waals surface area (Å²) in [6.45, 7) is 7.34. The van der Waals surface area contributed by atoms with E-state index in [0.717, 1.165) is 23.8 Å². The second-order valence-electron chi connectivity index (χ2n) is 4.31. The number of nitrogens with one attached hydrogen (secondary N) is 1. The molecule has 92 valence electrons. The Bertz CT molecular complexity index is 283. The molecule has 1 heterocycles. The second-order valence-corrected chi connectivity index (χ2v) is 5.41. The predicted molar refractivity (Wildman–Crippen MR) is 71.8 cm³/mol. The summed E-state index contributed by atoms with van der Waals surface area (Å²) in [6.07, 6.45) is 2.57. The van der Waals surface area contributed by atoms with Gasteiger partial charge in [-0.1, -0.05) is 27.2 Å². The molecule has 0 fully saturated rings. The van der Waals surface area contributed by atoms with Crippen molar-refractivity contribution in [3.63, 3.8) is 0 Å². The maximum Gasteiger partial charge on any atom is 0.118 e. The van der Waals surface area contributed by atoms with Crippen LogP contribution < -0.4 is 5.32 Å². The van der Waals surface area contributed by atoms with Crippen molar-refractivity contribution in [3.05, 3.63) is 23.7 Å². The van der Waals surface area contributed by atoms with Crippen molar-refractivity contribution in [1.29, 1.82) is 0 Å². The number of rotatable bonds is 8. The summed E-state index contributed by atoms with van der Waals surface area (Å²) in [5, 5.41) is 3.35. The molecule has 0 saturated carbocycles. The fourth-order valence-corrected chi connectivity index (χ4v) is 2.31. The van der Waals surface area contributed by atoms with Gasteiger partial charge in [-0.15, -0.1) is 0 Å². The van der Waals surface area contributed by atoms with E-state index in [0.29, 0.717) is 6.04 Å². The maximum atomic E-state index is 5.73. The van der Waals surface area contributed by atoms with E-state index in [2.05, 4.69) is 38.2 Å². The van der Waals surface area contributed by atoms with Gasteiger partial charge in [0.1, 0.15) is 11.5 Å². The topological polar surface area (TPSA) is 25.2 Å². The van der Waals surface area contributed by atoms with Gasteiger partial charge in [0.05, 0.1) is 12.3 Å². The van der Waals surface area contributed by atoms with Gasteiger partial charge in [-0.25, -0.2) is 0 Å². The Morgan fingerprint density at radius 1 is 1.31 bits per heavy atom. The largest absolute Gasteiger partial charge is 0.464 e. The van der Waals surface area contributed by atoms with Crippen molar-refractivity contribution in [1.82, 2.24) is 5.32 Å². The molecule has 0 bridgehead atoms. The van der Waals surface area contributed by atoms with Crippen LogP contribution in [0.1, 0.15) is 45.1 Å². The molecule has 16 heavy (non-hydrogen) atoms. The first-order valence-electron chi connectivity index (χ1n) is 6.11. The number of thioether (sulfide) groups is 1. The Hall–Kier alpha value is -0.410. The average molecular weight is 241 g/mol. The van der Waals surface area contributed by atoms with E-state index in [-0.39, 0.29) is 0 Å². The molecular formula is C13H23NOS. The minimum atomic E-state index is 0.507. The minimum absolute atomic E-state index is 0.507. The van der Waals surface area contributed by atoms with Gasteiger partial charge in [0.25, 0.3) is 0 Å². The Balaban J connectivity index is 2.22.